The van der Waals surface area contributed by atoms with Crippen molar-refractivity contribution in [3.8, 4) is 0 Å². The second kappa shape index (κ2) is 8.45. The predicted molar refractivity (Wildman–Crippen MR) is 91.0 cm³/mol. The molecule has 2 rings (SSSR count). The molecule has 0 radical (unpaired) electrons. The smallest absolute Gasteiger partial charge is 0.157 e. The molecule has 2 aromatic carbocycles. The van der Waals surface area contributed by atoms with E-state index in [1.807, 2.05) is 18.2 Å². The highest BCUT2D eigenvalue weighted by Crippen LogP contribution is 2.11. The number of hydrogen-bond acceptors (Lipinski definition) is 4. The summed E-state index contributed by atoms with van der Waals surface area (Å²) in [6.07, 6.45) is -1.05. The van der Waals surface area contributed by atoms with Crippen LogP contribution in [-0.4, -0.2) is 32.0 Å². The van der Waals surface area contributed by atoms with Gasteiger partial charge in [-0.3, -0.25) is 0 Å². The predicted octanol–water partition coefficient (Wildman–Crippen LogP) is 2.83. The molecule has 0 aliphatic carbocycles. The van der Waals surface area contributed by atoms with Gasteiger partial charge in [-0.2, -0.15) is 0 Å². The van der Waals surface area contributed by atoms with E-state index in [2.05, 4.69) is 0 Å². The normalized spacial score (nSPS) is 13.0. The van der Waals surface area contributed by atoms with Crippen molar-refractivity contribution in [3.05, 3.63) is 70.7 Å². The molecule has 0 bridgehead atoms. The van der Waals surface area contributed by atoms with Crippen LogP contribution in [0.15, 0.2) is 54.6 Å². The quantitative estimate of drug-likeness (QED) is 0.791. The molecular formula is C17H19ClO4S. The lowest BCUT2D eigenvalue weighted by molar-refractivity contribution is 0.0390. The van der Waals surface area contributed by atoms with E-state index in [9.17, 15) is 13.5 Å². The van der Waals surface area contributed by atoms with Gasteiger partial charge >= 0.3 is 0 Å². The summed E-state index contributed by atoms with van der Waals surface area (Å²) in [5.74, 6) is -0.398. The van der Waals surface area contributed by atoms with Crippen molar-refractivity contribution in [1.29, 1.82) is 0 Å². The summed E-state index contributed by atoms with van der Waals surface area (Å²) in [4.78, 5) is 0. The Morgan fingerprint density at radius 3 is 2.30 bits per heavy atom. The molecule has 23 heavy (non-hydrogen) atoms. The summed E-state index contributed by atoms with van der Waals surface area (Å²) in [6.45, 7) is 0.267. The van der Waals surface area contributed by atoms with Crippen molar-refractivity contribution >= 4 is 21.4 Å². The van der Waals surface area contributed by atoms with Gasteiger partial charge in [0.2, 0.25) is 0 Å². The van der Waals surface area contributed by atoms with E-state index in [1.165, 1.54) is 0 Å². The lowest BCUT2D eigenvalue weighted by Crippen LogP contribution is -2.26. The third-order valence-corrected chi connectivity index (χ3v) is 5.09. The van der Waals surface area contributed by atoms with Crippen LogP contribution in [0.1, 0.15) is 11.1 Å². The van der Waals surface area contributed by atoms with Crippen LogP contribution in [0.4, 0.5) is 0 Å². The molecular weight excluding hydrogens is 336 g/mol. The van der Waals surface area contributed by atoms with Crippen molar-refractivity contribution in [2.45, 2.75) is 18.5 Å². The summed E-state index contributed by atoms with van der Waals surface area (Å²) in [5, 5.41) is 10.5. The zero-order valence-corrected chi connectivity index (χ0v) is 14.1. The van der Waals surface area contributed by atoms with E-state index in [4.69, 9.17) is 16.3 Å². The standard InChI is InChI=1S/C17H19ClO4S/c18-16-8-6-14(7-9-16)10-22-11-17(19)13-23(20,21)12-15-4-2-1-3-5-15/h1-9,17,19H,10-13H2. The first-order valence-electron chi connectivity index (χ1n) is 7.19. The molecule has 6 heteroatoms. The maximum absolute atomic E-state index is 12.1. The molecule has 0 spiro atoms. The summed E-state index contributed by atoms with van der Waals surface area (Å²) in [5.41, 5.74) is 1.62. The minimum absolute atomic E-state index is 0.0311. The molecule has 0 saturated heterocycles. The van der Waals surface area contributed by atoms with Crippen LogP contribution in [-0.2, 0) is 26.9 Å². The monoisotopic (exact) mass is 354 g/mol. The lowest BCUT2D eigenvalue weighted by Gasteiger charge is -2.12. The van der Waals surface area contributed by atoms with Crippen LogP contribution >= 0.6 is 11.6 Å². The first kappa shape index (κ1) is 17.9. The average molecular weight is 355 g/mol. The van der Waals surface area contributed by atoms with E-state index in [-0.39, 0.29) is 18.1 Å². The molecule has 1 N–H and O–H groups in total. The Morgan fingerprint density at radius 1 is 1.00 bits per heavy atom. The third-order valence-electron chi connectivity index (χ3n) is 3.17. The van der Waals surface area contributed by atoms with Gasteiger partial charge in [0.1, 0.15) is 0 Å². The van der Waals surface area contributed by atoms with E-state index in [0.29, 0.717) is 17.2 Å². The highest BCUT2D eigenvalue weighted by molar-refractivity contribution is 7.90. The first-order chi connectivity index (χ1) is 10.9. The van der Waals surface area contributed by atoms with Gasteiger partial charge in [-0.15, -0.1) is 0 Å². The number of sulfone groups is 1. The SMILES string of the molecule is O=S(=O)(Cc1ccccc1)CC(O)COCc1ccc(Cl)cc1. The molecule has 0 saturated carbocycles. The molecule has 2 aromatic rings. The third kappa shape index (κ3) is 6.71. The van der Waals surface area contributed by atoms with Gasteiger partial charge in [0.15, 0.2) is 9.84 Å². The molecule has 124 valence electrons. The Morgan fingerprint density at radius 2 is 1.65 bits per heavy atom. The number of hydrogen-bond donors (Lipinski definition) is 1. The van der Waals surface area contributed by atoms with Crippen LogP contribution in [0.25, 0.3) is 0 Å². The number of rotatable bonds is 8. The Hall–Kier alpha value is -1.40. The summed E-state index contributed by atoms with van der Waals surface area (Å²) in [7, 11) is -3.38. The van der Waals surface area contributed by atoms with Crippen LogP contribution in [0.5, 0.6) is 0 Å². The molecule has 0 heterocycles. The van der Waals surface area contributed by atoms with Crippen LogP contribution in [0.2, 0.25) is 5.02 Å². The molecule has 0 aromatic heterocycles. The van der Waals surface area contributed by atoms with Gasteiger partial charge < -0.3 is 9.84 Å². The molecule has 1 unspecified atom stereocenters. The Bertz CT molecular complexity index is 699. The Balaban J connectivity index is 1.77. The van der Waals surface area contributed by atoms with Gasteiger partial charge in [0.05, 0.1) is 30.8 Å². The van der Waals surface area contributed by atoms with Crippen LogP contribution in [0.3, 0.4) is 0 Å². The minimum atomic E-state index is -3.38. The van der Waals surface area contributed by atoms with E-state index in [1.54, 1.807) is 36.4 Å². The largest absolute Gasteiger partial charge is 0.390 e. The van der Waals surface area contributed by atoms with E-state index < -0.39 is 15.9 Å². The van der Waals surface area contributed by atoms with Gasteiger partial charge in [0.25, 0.3) is 0 Å². The zero-order valence-electron chi connectivity index (χ0n) is 12.6. The fourth-order valence-electron chi connectivity index (χ4n) is 2.12. The van der Waals surface area contributed by atoms with Gasteiger partial charge in [-0.05, 0) is 23.3 Å². The maximum Gasteiger partial charge on any atom is 0.157 e. The Labute approximate surface area is 141 Å². The minimum Gasteiger partial charge on any atom is -0.390 e. The summed E-state index contributed by atoms with van der Waals surface area (Å²) in [6, 6.07) is 16.0. The first-order valence-corrected chi connectivity index (χ1v) is 9.39. The zero-order chi connectivity index (χ0) is 16.7. The van der Waals surface area contributed by atoms with Crippen molar-refractivity contribution in [3.63, 3.8) is 0 Å². The van der Waals surface area contributed by atoms with Crippen LogP contribution in [0, 0.1) is 0 Å². The second-order valence-electron chi connectivity index (χ2n) is 5.34. The molecule has 0 aliphatic rings. The number of aliphatic hydroxyl groups excluding tert-OH is 1. The molecule has 1 atom stereocenters. The fraction of sp³-hybridized carbons (Fsp3) is 0.294. The summed E-state index contributed by atoms with van der Waals surface area (Å²) < 4.78 is 29.5. The van der Waals surface area contributed by atoms with Crippen LogP contribution < -0.4 is 0 Å². The number of aliphatic hydroxyl groups is 1. The fourth-order valence-corrected chi connectivity index (χ4v) is 3.75. The van der Waals surface area contributed by atoms with E-state index in [0.717, 1.165) is 5.56 Å². The molecule has 0 amide bonds. The number of benzene rings is 2. The number of halogens is 1. The molecule has 4 nitrogen and oxygen atoms in total. The van der Waals surface area contributed by atoms with Gasteiger partial charge in [0, 0.05) is 5.02 Å². The highest BCUT2D eigenvalue weighted by Gasteiger charge is 2.18. The van der Waals surface area contributed by atoms with Gasteiger partial charge in [-0.1, -0.05) is 54.1 Å². The second-order valence-corrected chi connectivity index (χ2v) is 7.88. The van der Waals surface area contributed by atoms with Crippen molar-refractivity contribution in [1.82, 2.24) is 0 Å². The van der Waals surface area contributed by atoms with Crippen molar-refractivity contribution < 1.29 is 18.3 Å². The van der Waals surface area contributed by atoms with Gasteiger partial charge in [-0.25, -0.2) is 8.42 Å². The Kier molecular flexibility index (Phi) is 6.59. The molecule has 0 aliphatic heterocycles. The topological polar surface area (TPSA) is 63.6 Å². The average Bonchev–Trinajstić information content (AvgIpc) is 2.49. The number of ether oxygens (including phenoxy) is 1. The van der Waals surface area contributed by atoms with E-state index >= 15 is 0 Å². The highest BCUT2D eigenvalue weighted by atomic mass is 35.5. The summed E-state index contributed by atoms with van der Waals surface area (Å²) >= 11 is 5.79. The molecule has 0 fully saturated rings. The maximum atomic E-state index is 12.1. The van der Waals surface area contributed by atoms with Crippen molar-refractivity contribution in [2.24, 2.45) is 0 Å². The van der Waals surface area contributed by atoms with Crippen molar-refractivity contribution in [2.75, 3.05) is 12.4 Å². The lowest BCUT2D eigenvalue weighted by atomic mass is 10.2.